The lowest BCUT2D eigenvalue weighted by Crippen LogP contribution is -2.51. The van der Waals surface area contributed by atoms with E-state index < -0.39 is 0 Å². The van der Waals surface area contributed by atoms with Crippen molar-refractivity contribution >= 4 is 5.91 Å². The monoisotopic (exact) mass is 265 g/mol. The van der Waals surface area contributed by atoms with Crippen molar-refractivity contribution in [1.82, 2.24) is 4.90 Å². The van der Waals surface area contributed by atoms with Gasteiger partial charge in [-0.05, 0) is 51.4 Å². The lowest BCUT2D eigenvalue weighted by atomic mass is 9.57. The average molecular weight is 265 g/mol. The molecule has 0 aromatic heterocycles. The van der Waals surface area contributed by atoms with Gasteiger partial charge in [-0.25, -0.2) is 0 Å². The van der Waals surface area contributed by atoms with E-state index in [1.807, 2.05) is 4.90 Å². The van der Waals surface area contributed by atoms with E-state index in [-0.39, 0.29) is 10.8 Å². The fourth-order valence-electron chi connectivity index (χ4n) is 3.95. The van der Waals surface area contributed by atoms with Crippen LogP contribution in [-0.2, 0) is 4.79 Å². The summed E-state index contributed by atoms with van der Waals surface area (Å²) in [5.74, 6) is 0.645. The van der Waals surface area contributed by atoms with E-state index in [9.17, 15) is 4.79 Å². The van der Waals surface area contributed by atoms with Gasteiger partial charge in [0, 0.05) is 13.1 Å². The Morgan fingerprint density at radius 2 is 1.79 bits per heavy atom. The number of amides is 1. The van der Waals surface area contributed by atoms with Crippen molar-refractivity contribution in [1.29, 1.82) is 0 Å². The van der Waals surface area contributed by atoms with E-state index in [0.29, 0.717) is 11.8 Å². The Balaban J connectivity index is 3.12. The lowest BCUT2D eigenvalue weighted by molar-refractivity contribution is -0.148. The molecule has 0 bridgehead atoms. The van der Waals surface area contributed by atoms with Gasteiger partial charge in [0.05, 0.1) is 5.41 Å². The Morgan fingerprint density at radius 1 is 1.26 bits per heavy atom. The molecule has 0 aromatic carbocycles. The minimum Gasteiger partial charge on any atom is -0.343 e. The Hall–Kier alpha value is -0.790. The van der Waals surface area contributed by atoms with E-state index in [0.717, 1.165) is 25.9 Å². The van der Waals surface area contributed by atoms with Crippen molar-refractivity contribution in [3.63, 3.8) is 0 Å². The van der Waals surface area contributed by atoms with Gasteiger partial charge in [0.2, 0.25) is 5.91 Å². The minimum atomic E-state index is -0.278. The van der Waals surface area contributed by atoms with Crippen molar-refractivity contribution in [3.05, 3.63) is 12.2 Å². The van der Waals surface area contributed by atoms with E-state index in [2.05, 4.69) is 48.1 Å². The highest BCUT2D eigenvalue weighted by molar-refractivity contribution is 5.83. The molecule has 0 N–H and O–H groups in total. The predicted octanol–water partition coefficient (Wildman–Crippen LogP) is 4.26. The van der Waals surface area contributed by atoms with Crippen LogP contribution in [0.2, 0.25) is 0 Å². The first-order valence-corrected chi connectivity index (χ1v) is 7.62. The van der Waals surface area contributed by atoms with Crippen LogP contribution in [0.1, 0.15) is 60.8 Å². The average Bonchev–Trinajstić information content (AvgIpc) is 2.28. The molecule has 1 unspecified atom stereocenters. The number of carbonyl (C=O) groups excluding carboxylic acids is 1. The first-order chi connectivity index (χ1) is 8.68. The molecule has 1 saturated carbocycles. The summed E-state index contributed by atoms with van der Waals surface area (Å²) in [6.07, 6.45) is 3.24. The van der Waals surface area contributed by atoms with Crippen LogP contribution in [-0.4, -0.2) is 23.9 Å². The quantitative estimate of drug-likeness (QED) is 0.695. The maximum atomic E-state index is 13.0. The van der Waals surface area contributed by atoms with Gasteiger partial charge in [0.1, 0.15) is 0 Å². The molecule has 1 aliphatic rings. The molecule has 110 valence electrons. The van der Waals surface area contributed by atoms with Crippen LogP contribution in [0.3, 0.4) is 0 Å². The highest BCUT2D eigenvalue weighted by atomic mass is 16.2. The summed E-state index contributed by atoms with van der Waals surface area (Å²) in [7, 11) is 0. The van der Waals surface area contributed by atoms with Gasteiger partial charge in [-0.3, -0.25) is 4.79 Å². The Morgan fingerprint density at radius 3 is 2.21 bits per heavy atom. The van der Waals surface area contributed by atoms with Crippen LogP contribution in [0.4, 0.5) is 0 Å². The van der Waals surface area contributed by atoms with Crippen LogP contribution in [0, 0.1) is 16.7 Å². The molecule has 0 aliphatic heterocycles. The first kappa shape index (κ1) is 16.3. The summed E-state index contributed by atoms with van der Waals surface area (Å²) in [4.78, 5) is 15.0. The lowest BCUT2D eigenvalue weighted by Gasteiger charge is -2.49. The summed E-state index contributed by atoms with van der Waals surface area (Å²) in [5.41, 5.74) is 1.14. The standard InChI is InChI=1S/C17H31NO/c1-8-18(9-2)15(19)17(7)12-16(5,6)11-10-14(17)13(3)4/h14H,3,8-12H2,1-2,4-7H3/t14?,17-/m0/s1. The summed E-state index contributed by atoms with van der Waals surface area (Å²) in [6.45, 7) is 18.7. The van der Waals surface area contributed by atoms with Crippen LogP contribution in [0.25, 0.3) is 0 Å². The van der Waals surface area contributed by atoms with Crippen molar-refractivity contribution in [2.24, 2.45) is 16.7 Å². The molecule has 2 atom stereocenters. The molecule has 1 fully saturated rings. The van der Waals surface area contributed by atoms with Gasteiger partial charge in [0.15, 0.2) is 0 Å². The van der Waals surface area contributed by atoms with Gasteiger partial charge >= 0.3 is 0 Å². The third kappa shape index (κ3) is 3.21. The number of hydrogen-bond acceptors (Lipinski definition) is 1. The zero-order valence-electron chi connectivity index (χ0n) is 13.7. The van der Waals surface area contributed by atoms with Crippen molar-refractivity contribution in [3.8, 4) is 0 Å². The van der Waals surface area contributed by atoms with Gasteiger partial charge in [0.25, 0.3) is 0 Å². The predicted molar refractivity (Wildman–Crippen MR) is 82.0 cm³/mol. The maximum Gasteiger partial charge on any atom is 0.229 e. The van der Waals surface area contributed by atoms with Crippen LogP contribution >= 0.6 is 0 Å². The molecule has 1 amide bonds. The number of allylic oxidation sites excluding steroid dienone is 1. The van der Waals surface area contributed by atoms with Crippen LogP contribution < -0.4 is 0 Å². The molecule has 0 radical (unpaired) electrons. The number of carbonyl (C=O) groups is 1. The summed E-state index contributed by atoms with van der Waals surface area (Å²) >= 11 is 0. The van der Waals surface area contributed by atoms with E-state index >= 15 is 0 Å². The Bertz CT molecular complexity index is 354. The number of rotatable bonds is 4. The number of nitrogens with zero attached hydrogens (tertiary/aromatic N) is 1. The molecular weight excluding hydrogens is 234 g/mol. The minimum absolute atomic E-state index is 0.253. The summed E-state index contributed by atoms with van der Waals surface area (Å²) < 4.78 is 0. The highest BCUT2D eigenvalue weighted by Crippen LogP contribution is 2.52. The maximum absolute atomic E-state index is 13.0. The number of hydrogen-bond donors (Lipinski definition) is 0. The second kappa shape index (κ2) is 5.68. The molecule has 2 heteroatoms. The third-order valence-electron chi connectivity index (χ3n) is 4.86. The summed E-state index contributed by atoms with van der Waals surface area (Å²) in [5, 5.41) is 0. The molecule has 0 aromatic rings. The largest absolute Gasteiger partial charge is 0.343 e. The van der Waals surface area contributed by atoms with Gasteiger partial charge < -0.3 is 4.90 Å². The zero-order valence-corrected chi connectivity index (χ0v) is 13.7. The fraction of sp³-hybridized carbons (Fsp3) is 0.824. The van der Waals surface area contributed by atoms with Gasteiger partial charge in [-0.2, -0.15) is 0 Å². The van der Waals surface area contributed by atoms with Crippen molar-refractivity contribution in [2.45, 2.75) is 60.8 Å². The zero-order chi connectivity index (χ0) is 14.8. The SMILES string of the molecule is C=C(C)C1CCC(C)(C)C[C@]1(C)C(=O)N(CC)CC. The molecule has 2 nitrogen and oxygen atoms in total. The Labute approximate surface area is 119 Å². The molecule has 0 spiro atoms. The molecule has 1 aliphatic carbocycles. The van der Waals surface area contributed by atoms with Gasteiger partial charge in [-0.15, -0.1) is 0 Å². The smallest absolute Gasteiger partial charge is 0.229 e. The molecular formula is C17H31NO. The highest BCUT2D eigenvalue weighted by Gasteiger charge is 2.49. The van der Waals surface area contributed by atoms with Crippen molar-refractivity contribution in [2.75, 3.05) is 13.1 Å². The van der Waals surface area contributed by atoms with E-state index in [4.69, 9.17) is 0 Å². The fourth-order valence-corrected chi connectivity index (χ4v) is 3.95. The van der Waals surface area contributed by atoms with Gasteiger partial charge in [-0.1, -0.05) is 32.9 Å². The molecule has 19 heavy (non-hydrogen) atoms. The molecule has 0 saturated heterocycles. The van der Waals surface area contributed by atoms with Crippen molar-refractivity contribution < 1.29 is 4.79 Å². The van der Waals surface area contributed by atoms with E-state index in [1.165, 1.54) is 12.0 Å². The topological polar surface area (TPSA) is 20.3 Å². The second-order valence-corrected chi connectivity index (χ2v) is 7.17. The Kier molecular flexibility index (Phi) is 4.86. The third-order valence-corrected chi connectivity index (χ3v) is 4.86. The summed E-state index contributed by atoms with van der Waals surface area (Å²) in [6, 6.07) is 0. The normalized spacial score (nSPS) is 29.9. The second-order valence-electron chi connectivity index (χ2n) is 7.17. The first-order valence-electron chi connectivity index (χ1n) is 7.62. The van der Waals surface area contributed by atoms with E-state index in [1.54, 1.807) is 0 Å². The molecule has 0 heterocycles. The van der Waals surface area contributed by atoms with Crippen LogP contribution in [0.5, 0.6) is 0 Å². The molecule has 1 rings (SSSR count). The van der Waals surface area contributed by atoms with Crippen LogP contribution in [0.15, 0.2) is 12.2 Å².